The van der Waals surface area contributed by atoms with E-state index in [4.69, 9.17) is 9.15 Å². The smallest absolute Gasteiger partial charge is 0.191 e. The van der Waals surface area contributed by atoms with Crippen LogP contribution in [0.2, 0.25) is 0 Å². The number of unbranched alkanes of at least 4 members (excludes halogenated alkanes) is 1. The summed E-state index contributed by atoms with van der Waals surface area (Å²) in [6.07, 6.45) is 8.63. The van der Waals surface area contributed by atoms with Crippen molar-refractivity contribution in [2.75, 3.05) is 26.2 Å². The minimum atomic E-state index is 0. The molecule has 0 radical (unpaired) electrons. The number of rotatable bonds is 12. The topological polar surface area (TPSA) is 76.6 Å². The van der Waals surface area contributed by atoms with Gasteiger partial charge in [-0.2, -0.15) is 0 Å². The van der Waals surface area contributed by atoms with Crippen LogP contribution >= 0.6 is 24.0 Å². The van der Waals surface area contributed by atoms with Crippen LogP contribution in [0.15, 0.2) is 40.2 Å². The Labute approximate surface area is 179 Å². The number of halogens is 1. The van der Waals surface area contributed by atoms with Crippen molar-refractivity contribution in [3.05, 3.63) is 42.4 Å². The van der Waals surface area contributed by atoms with Gasteiger partial charge in [-0.25, -0.2) is 4.98 Å². The summed E-state index contributed by atoms with van der Waals surface area (Å²) in [6, 6.07) is 3.79. The molecule has 2 N–H and O–H groups in total. The minimum absolute atomic E-state index is 0. The van der Waals surface area contributed by atoms with Gasteiger partial charge in [-0.3, -0.25) is 4.99 Å². The molecule has 0 spiro atoms. The summed E-state index contributed by atoms with van der Waals surface area (Å²) in [7, 11) is 0. The van der Waals surface area contributed by atoms with E-state index in [1.54, 1.807) is 6.26 Å². The van der Waals surface area contributed by atoms with E-state index in [1.807, 2.05) is 31.5 Å². The Morgan fingerprint density at radius 3 is 2.89 bits per heavy atom. The van der Waals surface area contributed by atoms with Gasteiger partial charge in [0.2, 0.25) is 0 Å². The van der Waals surface area contributed by atoms with E-state index >= 15 is 0 Å². The fraction of sp³-hybridized carbons (Fsp3) is 0.579. The lowest BCUT2D eigenvalue weighted by Gasteiger charge is -2.11. The maximum absolute atomic E-state index is 5.57. The molecule has 0 unspecified atom stereocenters. The van der Waals surface area contributed by atoms with Crippen molar-refractivity contribution < 1.29 is 9.15 Å². The predicted octanol–water partition coefficient (Wildman–Crippen LogP) is 3.34. The number of ether oxygens (including phenoxy) is 1. The third-order valence-electron chi connectivity index (χ3n) is 3.93. The number of nitrogens with zero attached hydrogens (tertiary/aromatic N) is 3. The molecule has 0 atom stereocenters. The number of furan rings is 1. The highest BCUT2D eigenvalue weighted by Gasteiger charge is 1.99. The van der Waals surface area contributed by atoms with Crippen LogP contribution in [0.3, 0.4) is 0 Å². The van der Waals surface area contributed by atoms with Gasteiger partial charge in [-0.05, 0) is 45.2 Å². The van der Waals surface area contributed by atoms with Gasteiger partial charge in [-0.15, -0.1) is 24.0 Å². The van der Waals surface area contributed by atoms with Crippen LogP contribution in [0.1, 0.15) is 37.8 Å². The van der Waals surface area contributed by atoms with Crippen molar-refractivity contribution in [1.29, 1.82) is 0 Å². The first-order valence-corrected chi connectivity index (χ1v) is 9.39. The number of hydrogen-bond acceptors (Lipinski definition) is 4. The second-order valence-electron chi connectivity index (χ2n) is 6.05. The van der Waals surface area contributed by atoms with Crippen LogP contribution in [-0.2, 0) is 17.9 Å². The number of guanidine groups is 1. The van der Waals surface area contributed by atoms with Crippen molar-refractivity contribution in [2.24, 2.45) is 4.99 Å². The van der Waals surface area contributed by atoms with E-state index in [1.165, 1.54) is 0 Å². The van der Waals surface area contributed by atoms with Gasteiger partial charge in [0.25, 0.3) is 0 Å². The van der Waals surface area contributed by atoms with E-state index in [-0.39, 0.29) is 24.0 Å². The second-order valence-corrected chi connectivity index (χ2v) is 6.05. The molecule has 0 aromatic carbocycles. The summed E-state index contributed by atoms with van der Waals surface area (Å²) >= 11 is 0. The zero-order valence-corrected chi connectivity index (χ0v) is 18.6. The van der Waals surface area contributed by atoms with Crippen molar-refractivity contribution >= 4 is 29.9 Å². The average molecular weight is 489 g/mol. The number of aryl methyl sites for hydroxylation is 2. The lowest BCUT2D eigenvalue weighted by molar-refractivity contribution is 0.105. The maximum atomic E-state index is 5.57. The molecule has 2 rings (SSSR count). The Kier molecular flexibility index (Phi) is 12.6. The van der Waals surface area contributed by atoms with E-state index in [2.05, 4.69) is 32.1 Å². The van der Waals surface area contributed by atoms with Crippen molar-refractivity contribution in [1.82, 2.24) is 20.2 Å². The Balaban J connectivity index is 0.00000364. The summed E-state index contributed by atoms with van der Waals surface area (Å²) < 4.78 is 13.0. The first-order valence-electron chi connectivity index (χ1n) is 9.39. The van der Waals surface area contributed by atoms with Gasteiger partial charge in [-0.1, -0.05) is 0 Å². The van der Waals surface area contributed by atoms with Gasteiger partial charge in [0.15, 0.2) is 5.96 Å². The Hall–Kier alpha value is -1.55. The quantitative estimate of drug-likeness (QED) is 0.207. The molecule has 0 saturated carbocycles. The fourth-order valence-corrected chi connectivity index (χ4v) is 2.52. The second kappa shape index (κ2) is 14.5. The standard InChI is InChI=1S/C19H31N5O2.HI/c1-3-20-19(22-9-4-5-12-24-13-11-21-17(24)2)23-10-7-14-25-16-18-8-6-15-26-18;/h6,8,11,13,15H,3-5,7,9-10,12,14,16H2,1-2H3,(H2,20,22,23);1H. The van der Waals surface area contributed by atoms with Gasteiger partial charge in [0, 0.05) is 45.2 Å². The van der Waals surface area contributed by atoms with Gasteiger partial charge in [0.05, 0.1) is 6.26 Å². The number of aromatic nitrogens is 2. The van der Waals surface area contributed by atoms with Gasteiger partial charge >= 0.3 is 0 Å². The third kappa shape index (κ3) is 9.81. The molecule has 0 bridgehead atoms. The average Bonchev–Trinajstić information content (AvgIpc) is 3.29. The molecule has 0 aliphatic rings. The van der Waals surface area contributed by atoms with E-state index in [0.29, 0.717) is 13.2 Å². The van der Waals surface area contributed by atoms with E-state index < -0.39 is 0 Å². The molecular weight excluding hydrogens is 457 g/mol. The van der Waals surface area contributed by atoms with E-state index in [0.717, 1.165) is 63.0 Å². The molecule has 8 heteroatoms. The first-order chi connectivity index (χ1) is 12.8. The first kappa shape index (κ1) is 23.5. The zero-order valence-electron chi connectivity index (χ0n) is 16.3. The number of aliphatic imine (C=N–C) groups is 1. The highest BCUT2D eigenvalue weighted by atomic mass is 127. The highest BCUT2D eigenvalue weighted by Crippen LogP contribution is 2.02. The number of nitrogens with one attached hydrogen (secondary N) is 2. The molecule has 27 heavy (non-hydrogen) atoms. The lowest BCUT2D eigenvalue weighted by Crippen LogP contribution is -2.38. The Morgan fingerprint density at radius 2 is 2.19 bits per heavy atom. The van der Waals surface area contributed by atoms with Gasteiger partial charge < -0.3 is 24.4 Å². The van der Waals surface area contributed by atoms with E-state index in [9.17, 15) is 0 Å². The largest absolute Gasteiger partial charge is 0.467 e. The number of imidazole rings is 1. The Bertz CT molecular complexity index is 628. The lowest BCUT2D eigenvalue weighted by atomic mass is 10.3. The molecule has 0 amide bonds. The molecule has 0 aliphatic carbocycles. The summed E-state index contributed by atoms with van der Waals surface area (Å²) in [5, 5.41) is 6.66. The summed E-state index contributed by atoms with van der Waals surface area (Å²) in [4.78, 5) is 8.83. The van der Waals surface area contributed by atoms with Crippen LogP contribution < -0.4 is 10.6 Å². The van der Waals surface area contributed by atoms with Crippen LogP contribution in [0.4, 0.5) is 0 Å². The molecule has 2 aromatic heterocycles. The molecule has 152 valence electrons. The van der Waals surface area contributed by atoms with Crippen molar-refractivity contribution in [2.45, 2.75) is 46.3 Å². The van der Waals surface area contributed by atoms with Gasteiger partial charge in [0.1, 0.15) is 18.2 Å². The molecule has 0 aliphatic heterocycles. The molecule has 7 nitrogen and oxygen atoms in total. The molecule has 2 aromatic rings. The molecule has 0 fully saturated rings. The van der Waals surface area contributed by atoms with Crippen molar-refractivity contribution in [3.63, 3.8) is 0 Å². The fourth-order valence-electron chi connectivity index (χ4n) is 2.52. The van der Waals surface area contributed by atoms with Crippen LogP contribution in [0.5, 0.6) is 0 Å². The SMILES string of the molecule is CCNC(=NCCCOCc1ccco1)NCCCCn1ccnc1C.I. The third-order valence-corrected chi connectivity index (χ3v) is 3.93. The predicted molar refractivity (Wildman–Crippen MR) is 119 cm³/mol. The normalized spacial score (nSPS) is 11.3. The summed E-state index contributed by atoms with van der Waals surface area (Å²) in [5.74, 6) is 2.80. The molecular formula is C19H32IN5O2. The van der Waals surface area contributed by atoms with Crippen LogP contribution in [0.25, 0.3) is 0 Å². The Morgan fingerprint density at radius 1 is 1.30 bits per heavy atom. The van der Waals surface area contributed by atoms with Crippen molar-refractivity contribution in [3.8, 4) is 0 Å². The van der Waals surface area contributed by atoms with Crippen LogP contribution in [0, 0.1) is 6.92 Å². The minimum Gasteiger partial charge on any atom is -0.467 e. The summed E-state index contributed by atoms with van der Waals surface area (Å²) in [6.45, 7) is 8.82. The number of hydrogen-bond donors (Lipinski definition) is 2. The summed E-state index contributed by atoms with van der Waals surface area (Å²) in [5.41, 5.74) is 0. The maximum Gasteiger partial charge on any atom is 0.191 e. The molecule has 0 saturated heterocycles. The molecule has 2 heterocycles. The monoisotopic (exact) mass is 489 g/mol. The highest BCUT2D eigenvalue weighted by molar-refractivity contribution is 14.0. The zero-order chi connectivity index (χ0) is 18.5. The van der Waals surface area contributed by atoms with Crippen LogP contribution in [-0.4, -0.2) is 41.8 Å².